The van der Waals surface area contributed by atoms with Gasteiger partial charge in [0.25, 0.3) is 0 Å². The Kier molecular flexibility index (Phi) is 4.45. The lowest BCUT2D eigenvalue weighted by Gasteiger charge is -2.10. The molecule has 0 saturated carbocycles. The van der Waals surface area contributed by atoms with Crippen LogP contribution in [0.2, 0.25) is 0 Å². The van der Waals surface area contributed by atoms with Gasteiger partial charge in [-0.05, 0) is 7.05 Å². The zero-order valence-electron chi connectivity index (χ0n) is 6.89. The Morgan fingerprint density at radius 1 is 1.55 bits per heavy atom. The zero-order chi connectivity index (χ0) is 8.85. The molecule has 0 aromatic rings. The van der Waals surface area contributed by atoms with Crippen LogP contribution in [-0.2, 0) is 9.59 Å². The normalized spacial score (nSPS) is 12.5. The van der Waals surface area contributed by atoms with Crippen molar-refractivity contribution in [1.29, 1.82) is 0 Å². The van der Waals surface area contributed by atoms with Crippen molar-refractivity contribution in [2.75, 3.05) is 7.05 Å². The van der Waals surface area contributed by atoms with Crippen LogP contribution in [0.4, 0.5) is 0 Å². The summed E-state index contributed by atoms with van der Waals surface area (Å²) in [4.78, 5) is 21.4. The van der Waals surface area contributed by atoms with Crippen LogP contribution in [-0.4, -0.2) is 24.8 Å². The number of primary amides is 1. The minimum Gasteiger partial charge on any atom is -0.370 e. The summed E-state index contributed by atoms with van der Waals surface area (Å²) >= 11 is 0. The van der Waals surface area contributed by atoms with Crippen molar-refractivity contribution in [2.45, 2.75) is 25.8 Å². The van der Waals surface area contributed by atoms with Gasteiger partial charge in [-0.2, -0.15) is 0 Å². The average molecular weight is 158 g/mol. The van der Waals surface area contributed by atoms with E-state index < -0.39 is 11.9 Å². The van der Waals surface area contributed by atoms with Crippen molar-refractivity contribution >= 4 is 11.7 Å². The van der Waals surface area contributed by atoms with Gasteiger partial charge in [-0.25, -0.2) is 0 Å². The van der Waals surface area contributed by atoms with Crippen LogP contribution in [0, 0.1) is 0 Å². The molecule has 0 spiro atoms. The second kappa shape index (κ2) is 4.85. The Morgan fingerprint density at radius 3 is 2.36 bits per heavy atom. The predicted octanol–water partition coefficient (Wildman–Crippen LogP) is -0.571. The molecule has 0 aliphatic carbocycles. The number of nitrogens with two attached hydrogens (primary N) is 1. The van der Waals surface area contributed by atoms with Crippen molar-refractivity contribution in [2.24, 2.45) is 5.73 Å². The summed E-state index contributed by atoms with van der Waals surface area (Å²) in [7, 11) is 1.64. The number of carbonyl (C=O) groups excluding carboxylic acids is 2. The van der Waals surface area contributed by atoms with E-state index >= 15 is 0 Å². The molecule has 4 nitrogen and oxygen atoms in total. The van der Waals surface area contributed by atoms with Crippen molar-refractivity contribution in [3.63, 3.8) is 0 Å². The number of amides is 1. The molecule has 3 N–H and O–H groups in total. The van der Waals surface area contributed by atoms with Gasteiger partial charge in [0.15, 0.2) is 0 Å². The van der Waals surface area contributed by atoms with Crippen molar-refractivity contribution < 1.29 is 9.59 Å². The largest absolute Gasteiger partial charge is 0.370 e. The lowest BCUT2D eigenvalue weighted by Crippen LogP contribution is -2.37. The van der Waals surface area contributed by atoms with E-state index in [4.69, 9.17) is 5.73 Å². The highest BCUT2D eigenvalue weighted by Gasteiger charge is 2.15. The minimum atomic E-state index is -0.453. The highest BCUT2D eigenvalue weighted by molar-refractivity contribution is 5.88. The summed E-state index contributed by atoms with van der Waals surface area (Å²) in [5, 5.41) is 2.73. The number of carbonyl (C=O) groups is 2. The van der Waals surface area contributed by atoms with Crippen LogP contribution < -0.4 is 11.1 Å². The molecule has 0 rings (SSSR count). The second-order valence-corrected chi connectivity index (χ2v) is 2.33. The summed E-state index contributed by atoms with van der Waals surface area (Å²) in [6.45, 7) is 1.76. The van der Waals surface area contributed by atoms with Crippen LogP contribution >= 0.6 is 0 Å². The number of rotatable bonds is 5. The van der Waals surface area contributed by atoms with Gasteiger partial charge in [0.2, 0.25) is 5.91 Å². The lowest BCUT2D eigenvalue weighted by atomic mass is 10.1. The average Bonchev–Trinajstić information content (AvgIpc) is 1.98. The maximum atomic E-state index is 11.0. The standard InChI is InChI=1S/C7H14N2O2/c1-3-6(10)5(9-2)4-7(8)11/h5,9H,3-4H2,1-2H3,(H2,8,11). The first-order valence-electron chi connectivity index (χ1n) is 3.60. The van der Waals surface area contributed by atoms with Gasteiger partial charge in [0.05, 0.1) is 6.04 Å². The quantitative estimate of drug-likeness (QED) is 0.562. The van der Waals surface area contributed by atoms with Crippen LogP contribution in [0.1, 0.15) is 19.8 Å². The van der Waals surface area contributed by atoms with Crippen LogP contribution in [0.5, 0.6) is 0 Å². The third-order valence-corrected chi connectivity index (χ3v) is 1.49. The van der Waals surface area contributed by atoms with Gasteiger partial charge >= 0.3 is 0 Å². The molecule has 0 bridgehead atoms. The number of Topliss-reactive ketones (excluding diaryl/α,β-unsaturated/α-hetero) is 1. The molecule has 0 radical (unpaired) electrons. The Bertz CT molecular complexity index is 157. The van der Waals surface area contributed by atoms with Gasteiger partial charge in [-0.3, -0.25) is 9.59 Å². The van der Waals surface area contributed by atoms with E-state index in [0.29, 0.717) is 6.42 Å². The van der Waals surface area contributed by atoms with E-state index in [1.807, 2.05) is 0 Å². The molecule has 0 aromatic carbocycles. The maximum absolute atomic E-state index is 11.0. The van der Waals surface area contributed by atoms with Crippen LogP contribution in [0.15, 0.2) is 0 Å². The molecule has 0 heterocycles. The molecular formula is C7H14N2O2. The predicted molar refractivity (Wildman–Crippen MR) is 42.0 cm³/mol. The second-order valence-electron chi connectivity index (χ2n) is 2.33. The van der Waals surface area contributed by atoms with Crippen LogP contribution in [0.25, 0.3) is 0 Å². The molecule has 0 fully saturated rings. The van der Waals surface area contributed by atoms with E-state index in [9.17, 15) is 9.59 Å². The summed E-state index contributed by atoms with van der Waals surface area (Å²) in [5.74, 6) is -0.433. The molecule has 1 atom stereocenters. The van der Waals surface area contributed by atoms with E-state index in [1.165, 1.54) is 0 Å². The number of likely N-dealkylation sites (N-methyl/N-ethyl adjacent to an activating group) is 1. The first kappa shape index (κ1) is 10.1. The Balaban J connectivity index is 3.94. The van der Waals surface area contributed by atoms with Gasteiger partial charge in [-0.15, -0.1) is 0 Å². The Labute approximate surface area is 66.1 Å². The third kappa shape index (κ3) is 3.72. The smallest absolute Gasteiger partial charge is 0.219 e. The van der Waals surface area contributed by atoms with Gasteiger partial charge in [0, 0.05) is 12.8 Å². The summed E-state index contributed by atoms with van der Waals surface area (Å²) in [6.07, 6.45) is 0.516. The summed E-state index contributed by atoms with van der Waals surface area (Å²) < 4.78 is 0. The summed E-state index contributed by atoms with van der Waals surface area (Å²) in [5.41, 5.74) is 4.93. The van der Waals surface area contributed by atoms with Crippen LogP contribution in [0.3, 0.4) is 0 Å². The Hall–Kier alpha value is -0.900. The lowest BCUT2D eigenvalue weighted by molar-refractivity contribution is -0.125. The molecule has 1 amide bonds. The molecule has 64 valence electrons. The fourth-order valence-corrected chi connectivity index (χ4v) is 0.824. The fraction of sp³-hybridized carbons (Fsp3) is 0.714. The van der Waals surface area contributed by atoms with Crippen molar-refractivity contribution in [3.8, 4) is 0 Å². The monoisotopic (exact) mass is 158 g/mol. The number of hydrogen-bond acceptors (Lipinski definition) is 3. The molecular weight excluding hydrogens is 144 g/mol. The van der Waals surface area contributed by atoms with Gasteiger partial charge in [0.1, 0.15) is 5.78 Å². The fourth-order valence-electron chi connectivity index (χ4n) is 0.824. The molecule has 0 saturated heterocycles. The zero-order valence-corrected chi connectivity index (χ0v) is 6.89. The Morgan fingerprint density at radius 2 is 2.09 bits per heavy atom. The highest BCUT2D eigenvalue weighted by Crippen LogP contribution is 1.95. The first-order chi connectivity index (χ1) is 5.11. The topological polar surface area (TPSA) is 72.2 Å². The van der Waals surface area contributed by atoms with E-state index in [0.717, 1.165) is 0 Å². The first-order valence-corrected chi connectivity index (χ1v) is 3.60. The van der Waals surface area contributed by atoms with E-state index in [-0.39, 0.29) is 12.2 Å². The molecule has 1 unspecified atom stereocenters. The number of ketones is 1. The van der Waals surface area contributed by atoms with Gasteiger partial charge < -0.3 is 11.1 Å². The van der Waals surface area contributed by atoms with Gasteiger partial charge in [-0.1, -0.05) is 6.92 Å². The third-order valence-electron chi connectivity index (χ3n) is 1.49. The van der Waals surface area contributed by atoms with Crippen molar-refractivity contribution in [1.82, 2.24) is 5.32 Å². The molecule has 0 aromatic heterocycles. The number of nitrogens with one attached hydrogen (secondary N) is 1. The molecule has 4 heteroatoms. The van der Waals surface area contributed by atoms with E-state index in [1.54, 1.807) is 14.0 Å². The molecule has 11 heavy (non-hydrogen) atoms. The highest BCUT2D eigenvalue weighted by atomic mass is 16.1. The minimum absolute atomic E-state index is 0.0197. The molecule has 0 aliphatic rings. The van der Waals surface area contributed by atoms with Crippen molar-refractivity contribution in [3.05, 3.63) is 0 Å². The number of hydrogen-bond donors (Lipinski definition) is 2. The van der Waals surface area contributed by atoms with E-state index in [2.05, 4.69) is 5.32 Å². The maximum Gasteiger partial charge on any atom is 0.219 e. The SMILES string of the molecule is CCC(=O)C(CC(N)=O)NC. The molecule has 0 aliphatic heterocycles. The summed E-state index contributed by atoms with van der Waals surface area (Å²) in [6, 6.07) is -0.405.